The highest BCUT2D eigenvalue weighted by atomic mass is 16.5. The summed E-state index contributed by atoms with van der Waals surface area (Å²) in [6, 6.07) is 0. The molecule has 0 aliphatic heterocycles. The lowest BCUT2D eigenvalue weighted by molar-refractivity contribution is -0.128. The fourth-order valence-corrected chi connectivity index (χ4v) is 2.36. The molecule has 2 saturated carbocycles. The van der Waals surface area contributed by atoms with E-state index in [1.54, 1.807) is 0 Å². The van der Waals surface area contributed by atoms with Crippen molar-refractivity contribution in [3.8, 4) is 0 Å². The smallest absolute Gasteiger partial charge is 0.236 e. The summed E-state index contributed by atoms with van der Waals surface area (Å²) in [6.07, 6.45) is 8.51. The molecule has 0 atom stereocenters. The summed E-state index contributed by atoms with van der Waals surface area (Å²) in [5.74, 6) is 5.21. The molecule has 3 N–H and O–H groups in total. The lowest BCUT2D eigenvalue weighted by Gasteiger charge is -2.34. The van der Waals surface area contributed by atoms with E-state index in [1.165, 1.54) is 19.3 Å². The Balaban J connectivity index is 1.69. The molecule has 15 heavy (non-hydrogen) atoms. The Labute approximate surface area is 90.5 Å². The van der Waals surface area contributed by atoms with E-state index in [0.29, 0.717) is 12.2 Å². The molecule has 0 heterocycles. The predicted molar refractivity (Wildman–Crippen MR) is 56.8 cm³/mol. The zero-order valence-electron chi connectivity index (χ0n) is 9.08. The second kappa shape index (κ2) is 4.94. The Morgan fingerprint density at radius 2 is 1.67 bits per heavy atom. The maximum Gasteiger partial charge on any atom is 0.236 e. The van der Waals surface area contributed by atoms with Gasteiger partial charge in [-0.15, -0.1) is 0 Å². The molecule has 1 amide bonds. The maximum atomic E-state index is 11.3. The molecule has 0 unspecified atom stereocenters. The number of ether oxygens (including phenoxy) is 1. The molecule has 0 radical (unpaired) electrons. The summed E-state index contributed by atoms with van der Waals surface area (Å²) < 4.78 is 5.93. The number of rotatable bonds is 3. The Morgan fingerprint density at radius 3 is 2.13 bits per heavy atom. The number of hydrogen-bond acceptors (Lipinski definition) is 3. The summed E-state index contributed by atoms with van der Waals surface area (Å²) >= 11 is 0. The summed E-state index contributed by atoms with van der Waals surface area (Å²) in [7, 11) is 0. The minimum absolute atomic E-state index is 0.0166. The molecule has 0 saturated heterocycles. The van der Waals surface area contributed by atoms with Crippen molar-refractivity contribution in [3.63, 3.8) is 0 Å². The second-order valence-corrected chi connectivity index (χ2v) is 4.67. The largest absolute Gasteiger partial charge is 0.375 e. The molecule has 2 aliphatic rings. The third-order valence-corrected chi connectivity index (χ3v) is 3.62. The molecule has 2 fully saturated rings. The van der Waals surface area contributed by atoms with Crippen LogP contribution in [0.3, 0.4) is 0 Å². The number of hydrogen-bond donors (Lipinski definition) is 2. The van der Waals surface area contributed by atoms with Crippen molar-refractivity contribution < 1.29 is 9.53 Å². The highest BCUT2D eigenvalue weighted by Gasteiger charge is 2.29. The van der Waals surface area contributed by atoms with Crippen LogP contribution in [0.5, 0.6) is 0 Å². The van der Waals surface area contributed by atoms with E-state index >= 15 is 0 Å². The first-order chi connectivity index (χ1) is 7.29. The molecule has 86 valence electrons. The van der Waals surface area contributed by atoms with Gasteiger partial charge >= 0.3 is 0 Å². The summed E-state index contributed by atoms with van der Waals surface area (Å²) in [5, 5.41) is 0. The van der Waals surface area contributed by atoms with Crippen LogP contribution in [0.4, 0.5) is 0 Å². The minimum atomic E-state index is -0.0166. The first-order valence-corrected chi connectivity index (χ1v) is 5.95. The SMILES string of the molecule is NNC(=O)C1CCC(OC2CCC2)CC1. The van der Waals surface area contributed by atoms with E-state index in [9.17, 15) is 4.79 Å². The highest BCUT2D eigenvalue weighted by Crippen LogP contribution is 2.31. The van der Waals surface area contributed by atoms with Crippen LogP contribution >= 0.6 is 0 Å². The molecular weight excluding hydrogens is 192 g/mol. The maximum absolute atomic E-state index is 11.3. The van der Waals surface area contributed by atoms with E-state index in [4.69, 9.17) is 10.6 Å². The standard InChI is InChI=1S/C11H20N2O2/c12-13-11(14)8-4-6-10(7-5-8)15-9-2-1-3-9/h8-10H,1-7,12H2,(H,13,14). The van der Waals surface area contributed by atoms with Crippen LogP contribution in [0.2, 0.25) is 0 Å². The molecule has 4 heteroatoms. The molecule has 4 nitrogen and oxygen atoms in total. The average molecular weight is 212 g/mol. The van der Waals surface area contributed by atoms with E-state index in [0.717, 1.165) is 25.7 Å². The van der Waals surface area contributed by atoms with Crippen LogP contribution in [-0.4, -0.2) is 18.1 Å². The first kappa shape index (κ1) is 10.9. The van der Waals surface area contributed by atoms with Crippen molar-refractivity contribution in [1.29, 1.82) is 0 Å². The van der Waals surface area contributed by atoms with E-state index in [1.807, 2.05) is 0 Å². The van der Waals surface area contributed by atoms with Crippen molar-refractivity contribution in [2.75, 3.05) is 0 Å². The van der Waals surface area contributed by atoms with Gasteiger partial charge in [0.25, 0.3) is 0 Å². The number of hydrazine groups is 1. The van der Waals surface area contributed by atoms with Gasteiger partial charge in [0.1, 0.15) is 0 Å². The molecule has 0 bridgehead atoms. The Hall–Kier alpha value is -0.610. The molecule has 2 rings (SSSR count). The van der Waals surface area contributed by atoms with Crippen molar-refractivity contribution in [1.82, 2.24) is 5.43 Å². The fraction of sp³-hybridized carbons (Fsp3) is 0.909. The molecule has 2 aliphatic carbocycles. The average Bonchev–Trinajstić information content (AvgIpc) is 2.23. The molecule has 0 aromatic carbocycles. The van der Waals surface area contributed by atoms with Gasteiger partial charge in [-0.25, -0.2) is 5.84 Å². The Kier molecular flexibility index (Phi) is 3.59. The third kappa shape index (κ3) is 2.69. The Morgan fingerprint density at radius 1 is 1.07 bits per heavy atom. The number of carbonyl (C=O) groups excluding carboxylic acids is 1. The zero-order valence-corrected chi connectivity index (χ0v) is 9.08. The molecule has 0 aromatic heterocycles. The fourth-order valence-electron chi connectivity index (χ4n) is 2.36. The summed E-state index contributed by atoms with van der Waals surface area (Å²) in [4.78, 5) is 11.3. The van der Waals surface area contributed by atoms with Crippen molar-refractivity contribution in [3.05, 3.63) is 0 Å². The number of nitrogens with two attached hydrogens (primary N) is 1. The normalized spacial score (nSPS) is 32.1. The van der Waals surface area contributed by atoms with Crippen LogP contribution in [0.1, 0.15) is 44.9 Å². The van der Waals surface area contributed by atoms with Crippen molar-refractivity contribution >= 4 is 5.91 Å². The summed E-state index contributed by atoms with van der Waals surface area (Å²) in [6.45, 7) is 0. The van der Waals surface area contributed by atoms with Crippen LogP contribution in [0.25, 0.3) is 0 Å². The van der Waals surface area contributed by atoms with Gasteiger partial charge in [0.15, 0.2) is 0 Å². The van der Waals surface area contributed by atoms with Gasteiger partial charge in [-0.1, -0.05) is 0 Å². The Bertz CT molecular complexity index is 221. The predicted octanol–water partition coefficient (Wildman–Crippen LogP) is 1.10. The molecular formula is C11H20N2O2. The van der Waals surface area contributed by atoms with Gasteiger partial charge in [-0.2, -0.15) is 0 Å². The van der Waals surface area contributed by atoms with E-state index in [2.05, 4.69) is 5.43 Å². The quantitative estimate of drug-likeness (QED) is 0.418. The van der Waals surface area contributed by atoms with Crippen molar-refractivity contribution in [2.24, 2.45) is 11.8 Å². The van der Waals surface area contributed by atoms with Gasteiger partial charge in [0.2, 0.25) is 5.91 Å². The number of amides is 1. The lowest BCUT2D eigenvalue weighted by Crippen LogP contribution is -2.39. The monoisotopic (exact) mass is 212 g/mol. The molecule has 0 aromatic rings. The minimum Gasteiger partial charge on any atom is -0.375 e. The van der Waals surface area contributed by atoms with Crippen molar-refractivity contribution in [2.45, 2.75) is 57.2 Å². The van der Waals surface area contributed by atoms with Crippen LogP contribution in [-0.2, 0) is 9.53 Å². The topological polar surface area (TPSA) is 64.3 Å². The number of carbonyl (C=O) groups is 1. The zero-order chi connectivity index (χ0) is 10.7. The van der Waals surface area contributed by atoms with Gasteiger partial charge in [0, 0.05) is 5.92 Å². The van der Waals surface area contributed by atoms with Gasteiger partial charge in [-0.05, 0) is 44.9 Å². The third-order valence-electron chi connectivity index (χ3n) is 3.62. The lowest BCUT2D eigenvalue weighted by atomic mass is 9.86. The van der Waals surface area contributed by atoms with Crippen LogP contribution < -0.4 is 11.3 Å². The first-order valence-electron chi connectivity index (χ1n) is 5.95. The van der Waals surface area contributed by atoms with Crippen LogP contribution in [0.15, 0.2) is 0 Å². The van der Waals surface area contributed by atoms with E-state index < -0.39 is 0 Å². The van der Waals surface area contributed by atoms with E-state index in [-0.39, 0.29) is 11.8 Å². The summed E-state index contributed by atoms with van der Waals surface area (Å²) in [5.41, 5.74) is 2.23. The van der Waals surface area contributed by atoms with Gasteiger partial charge in [0.05, 0.1) is 12.2 Å². The van der Waals surface area contributed by atoms with Gasteiger partial charge < -0.3 is 4.74 Å². The number of nitrogens with one attached hydrogen (secondary N) is 1. The second-order valence-electron chi connectivity index (χ2n) is 4.67. The molecule has 0 spiro atoms. The van der Waals surface area contributed by atoms with Gasteiger partial charge in [-0.3, -0.25) is 10.2 Å². The highest BCUT2D eigenvalue weighted by molar-refractivity contribution is 5.77. The van der Waals surface area contributed by atoms with Crippen LogP contribution in [0, 0.1) is 5.92 Å².